The molecule has 0 saturated heterocycles. The number of H-pyrrole nitrogens is 1. The molecule has 5 nitrogen and oxygen atoms in total. The largest absolute Gasteiger partial charge is 0.444 e. The number of carbonyl (C=O) groups is 1. The van der Waals surface area contributed by atoms with Gasteiger partial charge < -0.3 is 14.6 Å². The van der Waals surface area contributed by atoms with Crippen LogP contribution in [-0.4, -0.2) is 33.1 Å². The van der Waals surface area contributed by atoms with Crippen LogP contribution in [0.15, 0.2) is 34.9 Å². The van der Waals surface area contributed by atoms with Gasteiger partial charge >= 0.3 is 6.09 Å². The molecule has 0 aliphatic rings. The average Bonchev–Trinajstić information content (AvgIpc) is 2.94. The Morgan fingerprint density at radius 3 is 2.54 bits per heavy atom. The first-order chi connectivity index (χ1) is 11.3. The Kier molecular flexibility index (Phi) is 6.04. The summed E-state index contributed by atoms with van der Waals surface area (Å²) in [7, 11) is 0. The fourth-order valence-electron chi connectivity index (χ4n) is 2.23. The molecule has 1 amide bonds. The summed E-state index contributed by atoms with van der Waals surface area (Å²) in [5.41, 5.74) is 1.48. The topological polar surface area (TPSA) is 58.2 Å². The summed E-state index contributed by atoms with van der Waals surface area (Å²) in [6, 6.07) is 8.00. The lowest BCUT2D eigenvalue weighted by Crippen LogP contribution is -2.37. The lowest BCUT2D eigenvalue weighted by Gasteiger charge is -2.26. The quantitative estimate of drug-likeness (QED) is 0.778. The number of imidazole rings is 1. The Morgan fingerprint density at radius 2 is 1.96 bits per heavy atom. The minimum absolute atomic E-state index is 0.314. The smallest absolute Gasteiger partial charge is 0.410 e. The molecule has 6 heteroatoms. The first-order valence-corrected chi connectivity index (χ1v) is 8.85. The van der Waals surface area contributed by atoms with Crippen LogP contribution in [0, 0.1) is 0 Å². The molecule has 0 bridgehead atoms. The van der Waals surface area contributed by atoms with Gasteiger partial charge in [0.25, 0.3) is 0 Å². The number of aromatic amines is 1. The number of rotatable bonds is 5. The molecule has 2 aromatic rings. The summed E-state index contributed by atoms with van der Waals surface area (Å²) < 4.78 is 6.50. The summed E-state index contributed by atoms with van der Waals surface area (Å²) in [6.07, 6.45) is 2.34. The van der Waals surface area contributed by atoms with Gasteiger partial charge in [0.1, 0.15) is 11.4 Å². The minimum Gasteiger partial charge on any atom is -0.444 e. The molecule has 24 heavy (non-hydrogen) atoms. The van der Waals surface area contributed by atoms with E-state index in [0.29, 0.717) is 13.1 Å². The van der Waals surface area contributed by atoms with Crippen molar-refractivity contribution >= 4 is 22.0 Å². The van der Waals surface area contributed by atoms with Gasteiger partial charge in [-0.05, 0) is 44.9 Å². The van der Waals surface area contributed by atoms with Crippen LogP contribution < -0.4 is 0 Å². The van der Waals surface area contributed by atoms with Gasteiger partial charge in [0.2, 0.25) is 0 Å². The van der Waals surface area contributed by atoms with Crippen molar-refractivity contribution in [3.8, 4) is 11.3 Å². The van der Waals surface area contributed by atoms with E-state index in [9.17, 15) is 4.79 Å². The van der Waals surface area contributed by atoms with E-state index in [1.165, 1.54) is 0 Å². The molecule has 0 unspecified atom stereocenters. The molecule has 2 rings (SSSR count). The van der Waals surface area contributed by atoms with E-state index in [1.54, 1.807) is 11.1 Å². The highest BCUT2D eigenvalue weighted by molar-refractivity contribution is 9.10. The fourth-order valence-corrected chi connectivity index (χ4v) is 2.50. The third kappa shape index (κ3) is 5.37. The van der Waals surface area contributed by atoms with Crippen molar-refractivity contribution in [3.05, 3.63) is 40.8 Å². The van der Waals surface area contributed by atoms with Crippen LogP contribution in [0.2, 0.25) is 0 Å². The number of benzene rings is 1. The van der Waals surface area contributed by atoms with E-state index >= 15 is 0 Å². The van der Waals surface area contributed by atoms with Gasteiger partial charge in [0, 0.05) is 11.0 Å². The Labute approximate surface area is 151 Å². The maximum Gasteiger partial charge on any atom is 0.410 e. The second-order valence-electron chi connectivity index (χ2n) is 6.65. The van der Waals surface area contributed by atoms with E-state index in [0.717, 1.165) is 28.0 Å². The van der Waals surface area contributed by atoms with Crippen molar-refractivity contribution in [2.75, 3.05) is 6.54 Å². The number of hydrogen-bond donors (Lipinski definition) is 1. The zero-order chi connectivity index (χ0) is 17.7. The van der Waals surface area contributed by atoms with Gasteiger partial charge in [-0.2, -0.15) is 0 Å². The number of hydrogen-bond acceptors (Lipinski definition) is 3. The van der Waals surface area contributed by atoms with Crippen molar-refractivity contribution in [1.82, 2.24) is 14.9 Å². The van der Waals surface area contributed by atoms with Gasteiger partial charge in [-0.15, -0.1) is 0 Å². The highest BCUT2D eigenvalue weighted by Gasteiger charge is 2.22. The highest BCUT2D eigenvalue weighted by atomic mass is 79.9. The maximum absolute atomic E-state index is 12.3. The lowest BCUT2D eigenvalue weighted by atomic mass is 10.2. The zero-order valence-electron chi connectivity index (χ0n) is 14.6. The van der Waals surface area contributed by atoms with E-state index in [-0.39, 0.29) is 6.09 Å². The lowest BCUT2D eigenvalue weighted by molar-refractivity contribution is 0.0229. The second-order valence-corrected chi connectivity index (χ2v) is 7.57. The molecule has 1 N–H and O–H groups in total. The predicted molar refractivity (Wildman–Crippen MR) is 98.7 cm³/mol. The average molecular weight is 394 g/mol. The standard InChI is InChI=1S/C18H24BrN3O2/c1-5-10-22(17(23)24-18(2,3)4)12-16-20-11-15(21-16)13-6-8-14(19)9-7-13/h6-9,11H,5,10,12H2,1-4H3,(H,20,21). The van der Waals surface area contributed by atoms with Gasteiger partial charge in [0.05, 0.1) is 18.4 Å². The number of nitrogens with one attached hydrogen (secondary N) is 1. The Balaban J connectivity index is 2.10. The highest BCUT2D eigenvalue weighted by Crippen LogP contribution is 2.20. The van der Waals surface area contributed by atoms with Crippen LogP contribution in [0.25, 0.3) is 11.3 Å². The zero-order valence-corrected chi connectivity index (χ0v) is 16.2. The Hall–Kier alpha value is -1.82. The molecule has 0 aliphatic heterocycles. The van der Waals surface area contributed by atoms with Gasteiger partial charge in [-0.1, -0.05) is 35.0 Å². The summed E-state index contributed by atoms with van der Waals surface area (Å²) in [6.45, 7) is 8.67. The van der Waals surface area contributed by atoms with Gasteiger partial charge in [-0.25, -0.2) is 9.78 Å². The van der Waals surface area contributed by atoms with Crippen LogP contribution in [0.4, 0.5) is 4.79 Å². The second kappa shape index (κ2) is 7.83. The van der Waals surface area contributed by atoms with Crippen molar-refractivity contribution < 1.29 is 9.53 Å². The number of amides is 1. The van der Waals surface area contributed by atoms with Crippen LogP contribution >= 0.6 is 15.9 Å². The van der Waals surface area contributed by atoms with Crippen LogP contribution in [-0.2, 0) is 11.3 Å². The normalized spacial score (nSPS) is 11.4. The fraction of sp³-hybridized carbons (Fsp3) is 0.444. The van der Waals surface area contributed by atoms with Crippen molar-refractivity contribution in [3.63, 3.8) is 0 Å². The molecule has 130 valence electrons. The minimum atomic E-state index is -0.505. The number of carbonyl (C=O) groups excluding carboxylic acids is 1. The summed E-state index contributed by atoms with van der Waals surface area (Å²) in [5, 5.41) is 0. The molecule has 1 aromatic carbocycles. The first-order valence-electron chi connectivity index (χ1n) is 8.06. The Morgan fingerprint density at radius 1 is 1.29 bits per heavy atom. The molecular weight excluding hydrogens is 370 g/mol. The number of nitrogens with zero attached hydrogens (tertiary/aromatic N) is 2. The molecule has 1 aromatic heterocycles. The molecule has 1 heterocycles. The SMILES string of the molecule is CCCN(Cc1ncc(-c2ccc(Br)cc2)[nH]1)C(=O)OC(C)(C)C. The molecule has 0 fully saturated rings. The summed E-state index contributed by atoms with van der Waals surface area (Å²) in [4.78, 5) is 21.7. The summed E-state index contributed by atoms with van der Waals surface area (Å²) >= 11 is 3.43. The van der Waals surface area contributed by atoms with Gasteiger partial charge in [0.15, 0.2) is 0 Å². The molecule has 0 spiro atoms. The number of ether oxygens (including phenoxy) is 1. The van der Waals surface area contributed by atoms with Gasteiger partial charge in [-0.3, -0.25) is 0 Å². The van der Waals surface area contributed by atoms with Crippen molar-refractivity contribution in [1.29, 1.82) is 0 Å². The van der Waals surface area contributed by atoms with E-state index in [4.69, 9.17) is 4.74 Å². The van der Waals surface area contributed by atoms with Crippen molar-refractivity contribution in [2.24, 2.45) is 0 Å². The molecule has 0 atom stereocenters. The molecule has 0 saturated carbocycles. The van der Waals surface area contributed by atoms with Crippen LogP contribution in [0.5, 0.6) is 0 Å². The maximum atomic E-state index is 12.3. The predicted octanol–water partition coefficient (Wildman–Crippen LogP) is 4.99. The summed E-state index contributed by atoms with van der Waals surface area (Å²) in [5.74, 6) is 0.743. The third-order valence-corrected chi connectivity index (χ3v) is 3.80. The number of halogens is 1. The first kappa shape index (κ1) is 18.5. The van der Waals surface area contributed by atoms with E-state index < -0.39 is 5.60 Å². The van der Waals surface area contributed by atoms with Crippen LogP contribution in [0.3, 0.4) is 0 Å². The van der Waals surface area contributed by atoms with Crippen molar-refractivity contribution in [2.45, 2.75) is 46.3 Å². The molecule has 0 aliphatic carbocycles. The molecular formula is C18H24BrN3O2. The van der Waals surface area contributed by atoms with E-state index in [2.05, 4.69) is 25.9 Å². The monoisotopic (exact) mass is 393 g/mol. The Bertz CT molecular complexity index is 674. The molecule has 0 radical (unpaired) electrons. The third-order valence-electron chi connectivity index (χ3n) is 3.27. The van der Waals surface area contributed by atoms with E-state index in [1.807, 2.05) is 52.0 Å². The number of aromatic nitrogens is 2. The van der Waals surface area contributed by atoms with Crippen LogP contribution in [0.1, 0.15) is 39.9 Å².